The van der Waals surface area contributed by atoms with Gasteiger partial charge in [-0.15, -0.1) is 0 Å². The molecule has 1 fully saturated rings. The molecule has 1 aliphatic rings. The van der Waals surface area contributed by atoms with E-state index in [-0.39, 0.29) is 11.1 Å². The standard InChI is InChI=1S/C8H18N2O4/c1-7(2,3)9-11-13-10(14-12-9)8(4,5)6/h1-6H3. The summed E-state index contributed by atoms with van der Waals surface area (Å²) in [6.45, 7) is 11.4. The molecule has 0 N–H and O–H groups in total. The maximum atomic E-state index is 4.89. The van der Waals surface area contributed by atoms with Gasteiger partial charge in [0, 0.05) is 10.5 Å². The Morgan fingerprint density at radius 2 is 0.786 bits per heavy atom. The topological polar surface area (TPSA) is 43.4 Å². The molecule has 0 spiro atoms. The Hall–Kier alpha value is -0.240. The number of hydrogen-bond donors (Lipinski definition) is 0. The molecule has 1 aliphatic heterocycles. The van der Waals surface area contributed by atoms with Crippen LogP contribution in [0.15, 0.2) is 0 Å². The minimum absolute atomic E-state index is 0.357. The van der Waals surface area contributed by atoms with E-state index in [9.17, 15) is 0 Å². The van der Waals surface area contributed by atoms with Crippen LogP contribution in [-0.4, -0.2) is 21.5 Å². The fourth-order valence-electron chi connectivity index (χ4n) is 0.593. The molecule has 0 bridgehead atoms. The Morgan fingerprint density at radius 3 is 0.929 bits per heavy atom. The summed E-state index contributed by atoms with van der Waals surface area (Å²) in [4.78, 5) is 19.6. The Balaban J connectivity index is 2.47. The molecule has 0 saturated carbocycles. The number of hydrogen-bond acceptors (Lipinski definition) is 6. The summed E-state index contributed by atoms with van der Waals surface area (Å²) in [7, 11) is 0. The van der Waals surface area contributed by atoms with Crippen LogP contribution < -0.4 is 0 Å². The molecule has 1 rings (SSSR count). The van der Waals surface area contributed by atoms with E-state index in [1.807, 2.05) is 41.5 Å². The number of nitrogens with zero attached hydrogens (tertiary/aromatic N) is 2. The lowest BCUT2D eigenvalue weighted by Gasteiger charge is -2.38. The van der Waals surface area contributed by atoms with Gasteiger partial charge < -0.3 is 0 Å². The fraction of sp³-hybridized carbons (Fsp3) is 1.00. The van der Waals surface area contributed by atoms with E-state index < -0.39 is 0 Å². The van der Waals surface area contributed by atoms with Crippen molar-refractivity contribution in [1.82, 2.24) is 10.5 Å². The van der Waals surface area contributed by atoms with Gasteiger partial charge in [0.25, 0.3) is 0 Å². The van der Waals surface area contributed by atoms with Gasteiger partial charge in [-0.05, 0) is 41.5 Å². The second-order valence-corrected chi connectivity index (χ2v) is 5.15. The molecule has 0 radical (unpaired) electrons. The lowest BCUT2D eigenvalue weighted by Crippen LogP contribution is -2.52. The van der Waals surface area contributed by atoms with Crippen LogP contribution in [0.1, 0.15) is 41.5 Å². The van der Waals surface area contributed by atoms with E-state index in [0.29, 0.717) is 0 Å². The third-order valence-corrected chi connectivity index (χ3v) is 1.43. The van der Waals surface area contributed by atoms with Crippen molar-refractivity contribution in [3.8, 4) is 0 Å². The van der Waals surface area contributed by atoms with Crippen LogP contribution in [0.3, 0.4) is 0 Å². The summed E-state index contributed by atoms with van der Waals surface area (Å²) in [5, 5.41) is 2.27. The van der Waals surface area contributed by atoms with E-state index in [2.05, 4.69) is 0 Å². The summed E-state index contributed by atoms with van der Waals surface area (Å²) in [6, 6.07) is 0. The Labute approximate surface area is 83.9 Å². The number of rotatable bonds is 0. The third-order valence-electron chi connectivity index (χ3n) is 1.43. The monoisotopic (exact) mass is 206 g/mol. The fourth-order valence-corrected chi connectivity index (χ4v) is 0.593. The van der Waals surface area contributed by atoms with E-state index >= 15 is 0 Å². The summed E-state index contributed by atoms with van der Waals surface area (Å²) in [5.41, 5.74) is -0.714. The second kappa shape index (κ2) is 3.73. The van der Waals surface area contributed by atoms with Crippen LogP contribution in [0.5, 0.6) is 0 Å². The highest BCUT2D eigenvalue weighted by Crippen LogP contribution is 2.24. The van der Waals surface area contributed by atoms with Crippen molar-refractivity contribution >= 4 is 0 Å². The molecule has 0 aromatic carbocycles. The molecule has 1 heterocycles. The molecule has 84 valence electrons. The van der Waals surface area contributed by atoms with Crippen LogP contribution in [0.4, 0.5) is 0 Å². The second-order valence-electron chi connectivity index (χ2n) is 5.15. The van der Waals surface area contributed by atoms with Gasteiger partial charge in [-0.2, -0.15) is 0 Å². The van der Waals surface area contributed by atoms with Gasteiger partial charge in [0.2, 0.25) is 0 Å². The molecule has 0 unspecified atom stereocenters. The Kier molecular flexibility index (Phi) is 3.15. The predicted molar refractivity (Wildman–Crippen MR) is 47.5 cm³/mol. The summed E-state index contributed by atoms with van der Waals surface area (Å²) in [6.07, 6.45) is 0. The van der Waals surface area contributed by atoms with Crippen LogP contribution in [-0.2, 0) is 20.0 Å². The van der Waals surface area contributed by atoms with Crippen LogP contribution in [0.25, 0.3) is 0 Å². The highest BCUT2D eigenvalue weighted by molar-refractivity contribution is 4.64. The van der Waals surface area contributed by atoms with Crippen molar-refractivity contribution in [2.75, 3.05) is 0 Å². The largest absolute Gasteiger partial charge is 0.0895 e. The quantitative estimate of drug-likeness (QED) is 0.563. The zero-order chi connectivity index (χ0) is 11.0. The predicted octanol–water partition coefficient (Wildman–Crippen LogP) is 1.76. The van der Waals surface area contributed by atoms with Crippen molar-refractivity contribution in [1.29, 1.82) is 0 Å². The molecule has 0 atom stereocenters. The molecule has 14 heavy (non-hydrogen) atoms. The third kappa shape index (κ3) is 2.88. The number of hydroxylamine groups is 4. The van der Waals surface area contributed by atoms with Crippen molar-refractivity contribution < 1.29 is 20.0 Å². The SMILES string of the molecule is CC(C)(C)N1OON(C(C)(C)C)OO1. The summed E-state index contributed by atoms with van der Waals surface area (Å²) in [5.74, 6) is 0. The van der Waals surface area contributed by atoms with Crippen molar-refractivity contribution in [2.24, 2.45) is 0 Å². The normalized spacial score (nSPS) is 22.7. The van der Waals surface area contributed by atoms with Crippen LogP contribution in [0, 0.1) is 0 Å². The first-order chi connectivity index (χ1) is 6.21. The summed E-state index contributed by atoms with van der Waals surface area (Å²) >= 11 is 0. The zero-order valence-electron chi connectivity index (χ0n) is 9.53. The molecule has 0 aromatic rings. The highest BCUT2D eigenvalue weighted by Gasteiger charge is 2.37. The lowest BCUT2D eigenvalue weighted by atomic mass is 10.1. The van der Waals surface area contributed by atoms with Gasteiger partial charge in [0.1, 0.15) is 0 Å². The molecule has 0 aromatic heterocycles. The highest BCUT2D eigenvalue weighted by atomic mass is 17.6. The Bertz CT molecular complexity index is 166. The molecular formula is C8H18N2O4. The van der Waals surface area contributed by atoms with E-state index in [1.54, 1.807) is 0 Å². The first-order valence-corrected chi connectivity index (χ1v) is 4.51. The van der Waals surface area contributed by atoms with Crippen LogP contribution in [0.2, 0.25) is 0 Å². The minimum Gasteiger partial charge on any atom is -0.0895 e. The summed E-state index contributed by atoms with van der Waals surface area (Å²) < 4.78 is 0. The van der Waals surface area contributed by atoms with Gasteiger partial charge in [0.05, 0.1) is 11.1 Å². The van der Waals surface area contributed by atoms with Gasteiger partial charge in [-0.3, -0.25) is 0 Å². The van der Waals surface area contributed by atoms with E-state index in [4.69, 9.17) is 20.0 Å². The molecule has 0 aliphatic carbocycles. The zero-order valence-corrected chi connectivity index (χ0v) is 9.53. The molecular weight excluding hydrogens is 188 g/mol. The van der Waals surface area contributed by atoms with Crippen molar-refractivity contribution in [3.05, 3.63) is 0 Å². The first-order valence-electron chi connectivity index (χ1n) is 4.51. The maximum absolute atomic E-state index is 4.89. The molecule has 1 saturated heterocycles. The average molecular weight is 206 g/mol. The van der Waals surface area contributed by atoms with Gasteiger partial charge >= 0.3 is 0 Å². The molecule has 6 nitrogen and oxygen atoms in total. The van der Waals surface area contributed by atoms with Crippen LogP contribution >= 0.6 is 0 Å². The Morgan fingerprint density at radius 1 is 0.571 bits per heavy atom. The lowest BCUT2D eigenvalue weighted by molar-refractivity contribution is -0.799. The van der Waals surface area contributed by atoms with Gasteiger partial charge in [-0.1, -0.05) is 20.0 Å². The molecule has 6 heteroatoms. The average Bonchev–Trinajstić information content (AvgIpc) is 2.01. The smallest absolute Gasteiger partial charge is 0.0715 e. The van der Waals surface area contributed by atoms with Gasteiger partial charge in [0.15, 0.2) is 0 Å². The van der Waals surface area contributed by atoms with E-state index in [0.717, 1.165) is 10.5 Å². The van der Waals surface area contributed by atoms with Crippen molar-refractivity contribution in [3.63, 3.8) is 0 Å². The first kappa shape index (κ1) is 11.8. The van der Waals surface area contributed by atoms with Crippen molar-refractivity contribution in [2.45, 2.75) is 52.6 Å². The van der Waals surface area contributed by atoms with Gasteiger partial charge in [-0.25, -0.2) is 0 Å². The molecule has 0 amide bonds. The maximum Gasteiger partial charge on any atom is 0.0715 e. The minimum atomic E-state index is -0.357. The van der Waals surface area contributed by atoms with E-state index in [1.165, 1.54) is 0 Å².